The van der Waals surface area contributed by atoms with E-state index in [9.17, 15) is 4.21 Å². The molecule has 19 heavy (non-hydrogen) atoms. The topological polar surface area (TPSA) is 43.1 Å². The van der Waals surface area contributed by atoms with Gasteiger partial charge in [-0.2, -0.15) is 0 Å². The molecular weight excluding hydrogens is 301 g/mol. The summed E-state index contributed by atoms with van der Waals surface area (Å²) in [7, 11) is -1.17. The molecule has 0 spiro atoms. The second-order valence-corrected chi connectivity index (χ2v) is 6.46. The number of hydrogen-bond donors (Lipinski definition) is 1. The lowest BCUT2D eigenvalue weighted by Gasteiger charge is -2.07. The highest BCUT2D eigenvalue weighted by atomic mass is 35.5. The van der Waals surface area contributed by atoms with Crippen LogP contribution in [0.3, 0.4) is 0 Å². The third-order valence-corrected chi connectivity index (χ3v) is 5.03. The fraction of sp³-hybridized carbons (Fsp3) is 0.143. The molecule has 1 atom stereocenters. The Hall–Kier alpha value is -1.03. The molecule has 100 valence electrons. The number of nitrogen functional groups attached to an aromatic ring is 1. The Labute approximate surface area is 125 Å². The monoisotopic (exact) mass is 313 g/mol. The molecule has 0 amide bonds. The van der Waals surface area contributed by atoms with E-state index in [2.05, 4.69) is 0 Å². The Balaban J connectivity index is 2.26. The molecule has 0 saturated heterocycles. The predicted molar refractivity (Wildman–Crippen MR) is 82.2 cm³/mol. The summed E-state index contributed by atoms with van der Waals surface area (Å²) in [6.07, 6.45) is 0. The second-order valence-electron chi connectivity index (χ2n) is 4.22. The van der Waals surface area contributed by atoms with E-state index < -0.39 is 10.8 Å². The van der Waals surface area contributed by atoms with Gasteiger partial charge in [0.2, 0.25) is 0 Å². The molecule has 0 heterocycles. The van der Waals surface area contributed by atoms with Crippen molar-refractivity contribution >= 4 is 39.7 Å². The summed E-state index contributed by atoms with van der Waals surface area (Å²) in [4.78, 5) is 0.739. The minimum Gasteiger partial charge on any atom is -0.399 e. The van der Waals surface area contributed by atoms with E-state index in [1.54, 1.807) is 24.3 Å². The van der Waals surface area contributed by atoms with Crippen LogP contribution < -0.4 is 5.73 Å². The molecule has 0 aliphatic carbocycles. The van der Waals surface area contributed by atoms with Gasteiger partial charge in [-0.1, -0.05) is 35.3 Å². The van der Waals surface area contributed by atoms with Crippen molar-refractivity contribution in [3.63, 3.8) is 0 Å². The van der Waals surface area contributed by atoms with Gasteiger partial charge in [0.05, 0.1) is 26.6 Å². The van der Waals surface area contributed by atoms with Gasteiger partial charge in [0.15, 0.2) is 0 Å². The van der Waals surface area contributed by atoms with Crippen molar-refractivity contribution in [2.24, 2.45) is 0 Å². The maximum atomic E-state index is 12.3. The first-order valence-electron chi connectivity index (χ1n) is 5.66. The zero-order valence-corrected chi connectivity index (χ0v) is 12.6. The van der Waals surface area contributed by atoms with Crippen molar-refractivity contribution in [2.45, 2.75) is 17.6 Å². The quantitative estimate of drug-likeness (QED) is 0.863. The largest absolute Gasteiger partial charge is 0.399 e. The molecule has 2 nitrogen and oxygen atoms in total. The first-order chi connectivity index (χ1) is 8.99. The van der Waals surface area contributed by atoms with E-state index in [-0.39, 0.29) is 0 Å². The summed E-state index contributed by atoms with van der Waals surface area (Å²) in [5, 5.41) is 0.939. The van der Waals surface area contributed by atoms with E-state index in [4.69, 9.17) is 28.9 Å². The highest BCUT2D eigenvalue weighted by Crippen LogP contribution is 2.27. The van der Waals surface area contributed by atoms with Gasteiger partial charge in [-0.25, -0.2) is 0 Å². The number of aryl methyl sites for hydroxylation is 1. The normalized spacial score (nSPS) is 12.4. The molecule has 0 bridgehead atoms. The molecule has 2 N–H and O–H groups in total. The van der Waals surface area contributed by atoms with Crippen LogP contribution >= 0.6 is 23.2 Å². The summed E-state index contributed by atoms with van der Waals surface area (Å²) in [6, 6.07) is 10.7. The van der Waals surface area contributed by atoms with Crippen molar-refractivity contribution in [1.82, 2.24) is 0 Å². The van der Waals surface area contributed by atoms with Gasteiger partial charge in [-0.05, 0) is 42.3 Å². The third kappa shape index (κ3) is 3.30. The van der Waals surface area contributed by atoms with Crippen molar-refractivity contribution in [2.75, 3.05) is 5.73 Å². The predicted octanol–water partition coefficient (Wildman–Crippen LogP) is 4.19. The molecule has 5 heteroatoms. The van der Waals surface area contributed by atoms with Gasteiger partial charge >= 0.3 is 0 Å². The van der Waals surface area contributed by atoms with Gasteiger partial charge in [0.1, 0.15) is 0 Å². The molecule has 2 aromatic carbocycles. The number of rotatable bonds is 3. The molecular formula is C14H13Cl2NOS. The van der Waals surface area contributed by atoms with E-state index in [0.29, 0.717) is 21.5 Å². The fourth-order valence-electron chi connectivity index (χ4n) is 1.67. The number of anilines is 1. The molecule has 0 aromatic heterocycles. The maximum Gasteiger partial charge on any atom is 0.0633 e. The Morgan fingerprint density at radius 3 is 2.63 bits per heavy atom. The zero-order chi connectivity index (χ0) is 14.0. The molecule has 1 unspecified atom stereocenters. The van der Waals surface area contributed by atoms with Crippen LogP contribution in [0.15, 0.2) is 41.3 Å². The van der Waals surface area contributed by atoms with E-state index in [0.717, 1.165) is 16.0 Å². The number of benzene rings is 2. The Morgan fingerprint density at radius 2 is 1.95 bits per heavy atom. The third-order valence-electron chi connectivity index (χ3n) is 2.82. The van der Waals surface area contributed by atoms with Gasteiger partial charge < -0.3 is 5.73 Å². The van der Waals surface area contributed by atoms with Crippen molar-refractivity contribution < 1.29 is 4.21 Å². The molecule has 0 fully saturated rings. The van der Waals surface area contributed by atoms with Crippen LogP contribution in [0.25, 0.3) is 0 Å². The van der Waals surface area contributed by atoms with E-state index in [1.165, 1.54) is 0 Å². The lowest BCUT2D eigenvalue weighted by molar-refractivity contribution is 0.682. The van der Waals surface area contributed by atoms with Gasteiger partial charge in [0, 0.05) is 10.6 Å². The molecule has 0 aliphatic heterocycles. The SMILES string of the molecule is Cc1cc(S(=O)Cc2cccc(Cl)c2Cl)ccc1N. The summed E-state index contributed by atoms with van der Waals surface area (Å²) >= 11 is 12.0. The summed E-state index contributed by atoms with van der Waals surface area (Å²) in [5.41, 5.74) is 8.14. The second kappa shape index (κ2) is 5.95. The van der Waals surface area contributed by atoms with E-state index in [1.807, 2.05) is 19.1 Å². The maximum absolute atomic E-state index is 12.3. The van der Waals surface area contributed by atoms with Crippen LogP contribution in [0, 0.1) is 6.92 Å². The average molecular weight is 314 g/mol. The average Bonchev–Trinajstić information content (AvgIpc) is 2.38. The first-order valence-corrected chi connectivity index (χ1v) is 7.74. The Bertz CT molecular complexity index is 643. The van der Waals surface area contributed by atoms with Crippen LogP contribution in [0.5, 0.6) is 0 Å². The van der Waals surface area contributed by atoms with Crippen molar-refractivity contribution in [1.29, 1.82) is 0 Å². The number of hydrogen-bond acceptors (Lipinski definition) is 2. The molecule has 0 saturated carbocycles. The van der Waals surface area contributed by atoms with Crippen molar-refractivity contribution in [3.05, 3.63) is 57.6 Å². The summed E-state index contributed by atoms with van der Waals surface area (Å²) in [6.45, 7) is 1.89. The van der Waals surface area contributed by atoms with Gasteiger partial charge in [-0.15, -0.1) is 0 Å². The Morgan fingerprint density at radius 1 is 1.21 bits per heavy atom. The standard InChI is InChI=1S/C14H13Cl2NOS/c1-9-7-11(5-6-13(9)17)19(18)8-10-3-2-4-12(15)14(10)16/h2-7H,8,17H2,1H3. The van der Waals surface area contributed by atoms with Crippen LogP contribution in [0.1, 0.15) is 11.1 Å². The minimum atomic E-state index is -1.17. The number of nitrogens with two attached hydrogens (primary N) is 1. The van der Waals surface area contributed by atoms with Crippen LogP contribution in [-0.4, -0.2) is 4.21 Å². The van der Waals surface area contributed by atoms with Crippen LogP contribution in [0.2, 0.25) is 10.0 Å². The summed E-state index contributed by atoms with van der Waals surface area (Å²) in [5.74, 6) is 0.336. The highest BCUT2D eigenvalue weighted by molar-refractivity contribution is 7.84. The van der Waals surface area contributed by atoms with Crippen LogP contribution in [0.4, 0.5) is 5.69 Å². The van der Waals surface area contributed by atoms with E-state index >= 15 is 0 Å². The molecule has 2 aromatic rings. The van der Waals surface area contributed by atoms with Gasteiger partial charge in [0.25, 0.3) is 0 Å². The first kappa shape index (κ1) is 14.4. The summed E-state index contributed by atoms with van der Waals surface area (Å²) < 4.78 is 12.3. The molecule has 2 rings (SSSR count). The minimum absolute atomic E-state index is 0.336. The fourth-order valence-corrected chi connectivity index (χ4v) is 3.36. The molecule has 0 aliphatic rings. The van der Waals surface area contributed by atoms with Crippen LogP contribution in [-0.2, 0) is 16.6 Å². The smallest absolute Gasteiger partial charge is 0.0633 e. The lowest BCUT2D eigenvalue weighted by atomic mass is 10.2. The Kier molecular flexibility index (Phi) is 4.50. The highest BCUT2D eigenvalue weighted by Gasteiger charge is 2.10. The van der Waals surface area contributed by atoms with Gasteiger partial charge in [-0.3, -0.25) is 4.21 Å². The number of halogens is 2. The molecule has 0 radical (unpaired) electrons. The van der Waals surface area contributed by atoms with Crippen molar-refractivity contribution in [3.8, 4) is 0 Å². The lowest BCUT2D eigenvalue weighted by Crippen LogP contribution is -1.99. The zero-order valence-electron chi connectivity index (χ0n) is 10.3.